The van der Waals surface area contributed by atoms with Crippen molar-refractivity contribution < 1.29 is 0 Å². The maximum Gasteiger partial charge on any atom is 0.0840 e. The Kier molecular flexibility index (Phi) is 6.52. The summed E-state index contributed by atoms with van der Waals surface area (Å²) in [5.74, 6) is 0.665. The highest BCUT2D eigenvalue weighted by molar-refractivity contribution is 6.17. The molecule has 0 spiro atoms. The van der Waals surface area contributed by atoms with Crippen molar-refractivity contribution >= 4 is 11.6 Å². The molecule has 0 aliphatic heterocycles. The Morgan fingerprint density at radius 1 is 1.62 bits per heavy atom. The van der Waals surface area contributed by atoms with E-state index in [-0.39, 0.29) is 0 Å². The lowest BCUT2D eigenvalue weighted by Gasteiger charge is -1.92. The first-order chi connectivity index (χ1) is 3.91. The van der Waals surface area contributed by atoms with Crippen molar-refractivity contribution in [2.24, 2.45) is 0 Å². The van der Waals surface area contributed by atoms with E-state index in [1.165, 1.54) is 0 Å². The molecule has 3 heteroatoms. The number of hydrogen-bond acceptors (Lipinski definition) is 2. The van der Waals surface area contributed by atoms with Gasteiger partial charge in [0.2, 0.25) is 0 Å². The Morgan fingerprint density at radius 2 is 2.38 bits per heavy atom. The van der Waals surface area contributed by atoms with Crippen LogP contribution in [-0.4, -0.2) is 19.0 Å². The standard InChI is InChI=1S/C5H9ClN2/c6-2-1-4-8-5-3-7/h8H,1-2,4-5H2. The van der Waals surface area contributed by atoms with Crippen molar-refractivity contribution in [2.45, 2.75) is 6.42 Å². The first kappa shape index (κ1) is 7.74. The number of nitriles is 1. The summed E-state index contributed by atoms with van der Waals surface area (Å²) in [4.78, 5) is 0. The molecule has 0 unspecified atom stereocenters. The topological polar surface area (TPSA) is 35.8 Å². The molecular formula is C5H9ClN2. The van der Waals surface area contributed by atoms with E-state index < -0.39 is 0 Å². The van der Waals surface area contributed by atoms with E-state index >= 15 is 0 Å². The van der Waals surface area contributed by atoms with E-state index in [9.17, 15) is 0 Å². The van der Waals surface area contributed by atoms with Gasteiger partial charge in [0, 0.05) is 5.88 Å². The molecule has 0 aliphatic carbocycles. The van der Waals surface area contributed by atoms with Crippen molar-refractivity contribution in [2.75, 3.05) is 19.0 Å². The zero-order valence-corrected chi connectivity index (χ0v) is 5.41. The molecule has 0 aromatic carbocycles. The number of nitrogens with zero attached hydrogens (tertiary/aromatic N) is 1. The first-order valence-electron chi connectivity index (χ1n) is 2.55. The smallest absolute Gasteiger partial charge is 0.0840 e. The molecular weight excluding hydrogens is 124 g/mol. The lowest BCUT2D eigenvalue weighted by atomic mass is 10.5. The minimum atomic E-state index is 0.427. The molecule has 0 radical (unpaired) electrons. The van der Waals surface area contributed by atoms with E-state index in [1.54, 1.807) is 0 Å². The number of alkyl halides is 1. The zero-order chi connectivity index (χ0) is 6.24. The highest BCUT2D eigenvalue weighted by Gasteiger charge is 1.81. The predicted octanol–water partition coefficient (Wildman–Crippen LogP) is 0.728. The lowest BCUT2D eigenvalue weighted by Crippen LogP contribution is -2.15. The molecule has 0 heterocycles. The summed E-state index contributed by atoms with van der Waals surface area (Å²) in [5.41, 5.74) is 0. The fourth-order valence-corrected chi connectivity index (χ4v) is 0.470. The van der Waals surface area contributed by atoms with E-state index in [0.717, 1.165) is 13.0 Å². The van der Waals surface area contributed by atoms with E-state index in [4.69, 9.17) is 16.9 Å². The molecule has 2 nitrogen and oxygen atoms in total. The van der Waals surface area contributed by atoms with Gasteiger partial charge in [-0.15, -0.1) is 11.6 Å². The Morgan fingerprint density at radius 3 is 2.88 bits per heavy atom. The monoisotopic (exact) mass is 132 g/mol. The summed E-state index contributed by atoms with van der Waals surface area (Å²) >= 11 is 5.36. The Balaban J connectivity index is 2.65. The molecule has 0 saturated carbocycles. The zero-order valence-electron chi connectivity index (χ0n) is 4.65. The Bertz CT molecular complexity index is 77.0. The van der Waals surface area contributed by atoms with Crippen LogP contribution in [0.4, 0.5) is 0 Å². The predicted molar refractivity (Wildman–Crippen MR) is 33.8 cm³/mol. The highest BCUT2D eigenvalue weighted by Crippen LogP contribution is 1.79. The maximum absolute atomic E-state index is 8.02. The third-order valence-electron chi connectivity index (χ3n) is 0.691. The van der Waals surface area contributed by atoms with E-state index in [1.807, 2.05) is 6.07 Å². The largest absolute Gasteiger partial charge is 0.304 e. The van der Waals surface area contributed by atoms with Gasteiger partial charge in [-0.3, -0.25) is 0 Å². The van der Waals surface area contributed by atoms with Gasteiger partial charge in [-0.1, -0.05) is 0 Å². The normalized spacial score (nSPS) is 8.50. The van der Waals surface area contributed by atoms with Gasteiger partial charge in [-0.2, -0.15) is 5.26 Å². The molecule has 0 aromatic heterocycles. The number of halogens is 1. The average Bonchev–Trinajstić information content (AvgIpc) is 1.81. The molecule has 8 heavy (non-hydrogen) atoms. The third-order valence-corrected chi connectivity index (χ3v) is 0.959. The highest BCUT2D eigenvalue weighted by atomic mass is 35.5. The van der Waals surface area contributed by atoms with Crippen LogP contribution in [0.3, 0.4) is 0 Å². The maximum atomic E-state index is 8.02. The van der Waals surface area contributed by atoms with Crippen LogP contribution in [0.5, 0.6) is 0 Å². The van der Waals surface area contributed by atoms with Crippen molar-refractivity contribution in [1.82, 2.24) is 5.32 Å². The van der Waals surface area contributed by atoms with Crippen molar-refractivity contribution in [1.29, 1.82) is 5.26 Å². The molecule has 0 amide bonds. The average molecular weight is 133 g/mol. The fourth-order valence-electron chi connectivity index (χ4n) is 0.336. The lowest BCUT2D eigenvalue weighted by molar-refractivity contribution is 0.736. The minimum absolute atomic E-state index is 0.427. The summed E-state index contributed by atoms with van der Waals surface area (Å²) in [6.45, 7) is 1.27. The van der Waals surface area contributed by atoms with Crippen LogP contribution < -0.4 is 5.32 Å². The van der Waals surface area contributed by atoms with Crippen LogP contribution in [0, 0.1) is 11.3 Å². The molecule has 0 aromatic rings. The quantitative estimate of drug-likeness (QED) is 0.348. The third kappa shape index (κ3) is 5.74. The van der Waals surface area contributed by atoms with Crippen molar-refractivity contribution in [3.8, 4) is 6.07 Å². The van der Waals surface area contributed by atoms with Crippen LogP contribution >= 0.6 is 11.6 Å². The molecule has 46 valence electrons. The second kappa shape index (κ2) is 6.74. The van der Waals surface area contributed by atoms with Gasteiger partial charge in [-0.25, -0.2) is 0 Å². The van der Waals surface area contributed by atoms with E-state index in [0.29, 0.717) is 12.4 Å². The van der Waals surface area contributed by atoms with Crippen molar-refractivity contribution in [3.05, 3.63) is 0 Å². The van der Waals surface area contributed by atoms with Crippen LogP contribution in [-0.2, 0) is 0 Å². The SMILES string of the molecule is N#CCNCCCCl. The molecule has 0 bridgehead atoms. The summed E-state index contributed by atoms with van der Waals surface area (Å²) in [6, 6.07) is 1.97. The summed E-state index contributed by atoms with van der Waals surface area (Å²) in [7, 11) is 0. The van der Waals surface area contributed by atoms with Crippen LogP contribution in [0.2, 0.25) is 0 Å². The molecule has 0 fully saturated rings. The second-order valence-electron chi connectivity index (χ2n) is 1.38. The van der Waals surface area contributed by atoms with Gasteiger partial charge in [0.25, 0.3) is 0 Å². The molecule has 1 N–H and O–H groups in total. The van der Waals surface area contributed by atoms with Gasteiger partial charge in [0.05, 0.1) is 12.6 Å². The van der Waals surface area contributed by atoms with Crippen LogP contribution in [0.25, 0.3) is 0 Å². The van der Waals surface area contributed by atoms with Gasteiger partial charge >= 0.3 is 0 Å². The molecule has 0 rings (SSSR count). The Hall–Kier alpha value is -0.260. The summed E-state index contributed by atoms with van der Waals surface area (Å²) in [6.07, 6.45) is 0.934. The Labute approximate surface area is 54.4 Å². The van der Waals surface area contributed by atoms with Crippen LogP contribution in [0.1, 0.15) is 6.42 Å². The summed E-state index contributed by atoms with van der Waals surface area (Å²) in [5, 5.41) is 10.9. The molecule has 0 saturated heterocycles. The fraction of sp³-hybridized carbons (Fsp3) is 0.800. The number of rotatable bonds is 4. The van der Waals surface area contributed by atoms with E-state index in [2.05, 4.69) is 5.32 Å². The van der Waals surface area contributed by atoms with Gasteiger partial charge in [0.15, 0.2) is 0 Å². The molecule has 0 atom stereocenters. The summed E-state index contributed by atoms with van der Waals surface area (Å²) < 4.78 is 0. The first-order valence-corrected chi connectivity index (χ1v) is 3.09. The minimum Gasteiger partial charge on any atom is -0.304 e. The number of nitrogens with one attached hydrogen (secondary N) is 1. The number of hydrogen-bond donors (Lipinski definition) is 1. The second-order valence-corrected chi connectivity index (χ2v) is 1.76. The molecule has 0 aliphatic rings. The van der Waals surface area contributed by atoms with Gasteiger partial charge in [0.1, 0.15) is 0 Å². The van der Waals surface area contributed by atoms with Crippen molar-refractivity contribution in [3.63, 3.8) is 0 Å². The van der Waals surface area contributed by atoms with Crippen LogP contribution in [0.15, 0.2) is 0 Å². The van der Waals surface area contributed by atoms with Gasteiger partial charge < -0.3 is 5.32 Å². The van der Waals surface area contributed by atoms with Gasteiger partial charge in [-0.05, 0) is 13.0 Å².